The first kappa shape index (κ1) is 18.0. The second-order valence-electron chi connectivity index (χ2n) is 7.10. The number of anilines is 2. The van der Waals surface area contributed by atoms with Crippen LogP contribution < -0.4 is 10.2 Å². The lowest BCUT2D eigenvalue weighted by Crippen LogP contribution is -2.30. The maximum absolute atomic E-state index is 12.7. The van der Waals surface area contributed by atoms with Gasteiger partial charge in [-0.05, 0) is 35.4 Å². The number of fused-ring (bicyclic) bond motifs is 1. The van der Waals surface area contributed by atoms with E-state index in [9.17, 15) is 4.79 Å². The molecule has 1 amide bonds. The number of amides is 1. The lowest BCUT2D eigenvalue weighted by Gasteiger charge is -2.22. The molecule has 0 aliphatic carbocycles. The average molecular weight is 346 g/mol. The third kappa shape index (κ3) is 3.72. The van der Waals surface area contributed by atoms with Gasteiger partial charge in [-0.2, -0.15) is 0 Å². The third-order valence-corrected chi connectivity index (χ3v) is 4.75. The maximum atomic E-state index is 12.7. The summed E-state index contributed by atoms with van der Waals surface area (Å²) in [5.41, 5.74) is 4.27. The van der Waals surface area contributed by atoms with Gasteiger partial charge in [-0.25, -0.2) is 0 Å². The largest absolute Gasteiger partial charge is 0.365 e. The van der Waals surface area contributed by atoms with E-state index in [-0.39, 0.29) is 5.91 Å². The molecule has 3 aromatic carbocycles. The lowest BCUT2D eigenvalue weighted by molar-refractivity contribution is -0.114. The standard InChI is InChI=1S/C23H26N2O/c1-16(2)19-13-7-9-17(3)23(19)24-22(26)15-25(4)21-14-8-11-18-10-5-6-12-20(18)21/h5-14,16H,15H2,1-4H3,(H,24,26). The van der Waals surface area contributed by atoms with Crippen molar-refractivity contribution in [1.82, 2.24) is 0 Å². The van der Waals surface area contributed by atoms with Crippen LogP contribution in [-0.2, 0) is 4.79 Å². The molecule has 0 aromatic heterocycles. The van der Waals surface area contributed by atoms with E-state index in [0.29, 0.717) is 12.5 Å². The molecule has 0 unspecified atom stereocenters. The average Bonchev–Trinajstić information content (AvgIpc) is 2.62. The summed E-state index contributed by atoms with van der Waals surface area (Å²) < 4.78 is 0. The number of nitrogens with one attached hydrogen (secondary N) is 1. The van der Waals surface area contributed by atoms with Crippen molar-refractivity contribution in [2.24, 2.45) is 0 Å². The summed E-state index contributed by atoms with van der Waals surface area (Å²) in [6, 6.07) is 20.6. The Morgan fingerprint density at radius 2 is 1.69 bits per heavy atom. The number of nitrogens with zero attached hydrogens (tertiary/aromatic N) is 1. The van der Waals surface area contributed by atoms with Crippen LogP contribution >= 0.6 is 0 Å². The van der Waals surface area contributed by atoms with Crippen molar-refractivity contribution in [3.05, 3.63) is 71.8 Å². The minimum atomic E-state index is -0.00312. The highest BCUT2D eigenvalue weighted by Crippen LogP contribution is 2.28. The fraction of sp³-hybridized carbons (Fsp3) is 0.261. The van der Waals surface area contributed by atoms with Crippen molar-refractivity contribution in [2.45, 2.75) is 26.7 Å². The number of carbonyl (C=O) groups excluding carboxylic acids is 1. The normalized spacial score (nSPS) is 11.0. The summed E-state index contributed by atoms with van der Waals surface area (Å²) in [5.74, 6) is 0.359. The zero-order valence-electron chi connectivity index (χ0n) is 15.9. The molecular formula is C23H26N2O. The molecule has 0 aliphatic heterocycles. The number of carbonyl (C=O) groups is 1. The quantitative estimate of drug-likeness (QED) is 0.676. The summed E-state index contributed by atoms with van der Waals surface area (Å²) in [6.45, 7) is 6.63. The SMILES string of the molecule is Cc1cccc(C(C)C)c1NC(=O)CN(C)c1cccc2ccccc12. The smallest absolute Gasteiger partial charge is 0.243 e. The zero-order valence-corrected chi connectivity index (χ0v) is 15.9. The van der Waals surface area contributed by atoms with Gasteiger partial charge < -0.3 is 10.2 Å². The predicted octanol–water partition coefficient (Wildman–Crippen LogP) is 5.35. The van der Waals surface area contributed by atoms with E-state index < -0.39 is 0 Å². The first-order valence-corrected chi connectivity index (χ1v) is 9.05. The second kappa shape index (κ2) is 7.61. The third-order valence-electron chi connectivity index (χ3n) is 4.75. The molecule has 0 saturated carbocycles. The van der Waals surface area contributed by atoms with Gasteiger partial charge in [-0.15, -0.1) is 0 Å². The Hall–Kier alpha value is -2.81. The molecule has 0 heterocycles. The fourth-order valence-corrected chi connectivity index (χ4v) is 3.36. The topological polar surface area (TPSA) is 32.3 Å². The summed E-state index contributed by atoms with van der Waals surface area (Å²) in [5, 5.41) is 5.46. The Kier molecular flexibility index (Phi) is 5.27. The van der Waals surface area contributed by atoms with Crippen molar-refractivity contribution in [3.63, 3.8) is 0 Å². The summed E-state index contributed by atoms with van der Waals surface area (Å²) in [7, 11) is 1.96. The van der Waals surface area contributed by atoms with Gasteiger partial charge in [0.2, 0.25) is 5.91 Å². The van der Waals surface area contributed by atoms with Gasteiger partial charge >= 0.3 is 0 Å². The molecule has 1 N–H and O–H groups in total. The Bertz CT molecular complexity index is 925. The molecule has 0 spiro atoms. The van der Waals surface area contributed by atoms with Crippen molar-refractivity contribution in [1.29, 1.82) is 0 Å². The molecule has 0 atom stereocenters. The van der Waals surface area contributed by atoms with Gasteiger partial charge in [0.15, 0.2) is 0 Å². The lowest BCUT2D eigenvalue weighted by atomic mass is 9.98. The number of benzene rings is 3. The highest BCUT2D eigenvalue weighted by molar-refractivity contribution is 5.99. The van der Waals surface area contributed by atoms with Crippen molar-refractivity contribution < 1.29 is 4.79 Å². The van der Waals surface area contributed by atoms with Gasteiger partial charge in [0.1, 0.15) is 0 Å². The number of likely N-dealkylation sites (N-methyl/N-ethyl adjacent to an activating group) is 1. The number of aryl methyl sites for hydroxylation is 1. The molecule has 0 fully saturated rings. The van der Waals surface area contributed by atoms with Crippen LogP contribution in [0.5, 0.6) is 0 Å². The van der Waals surface area contributed by atoms with E-state index in [1.165, 1.54) is 10.9 Å². The zero-order chi connectivity index (χ0) is 18.7. The Morgan fingerprint density at radius 1 is 1.00 bits per heavy atom. The van der Waals surface area contributed by atoms with E-state index in [0.717, 1.165) is 22.3 Å². The van der Waals surface area contributed by atoms with Crippen LogP contribution in [0.15, 0.2) is 60.7 Å². The number of hydrogen-bond donors (Lipinski definition) is 1. The Labute approximate surface area is 155 Å². The molecule has 0 bridgehead atoms. The highest BCUT2D eigenvalue weighted by atomic mass is 16.2. The van der Waals surface area contributed by atoms with Gasteiger partial charge in [0.25, 0.3) is 0 Å². The molecule has 0 radical (unpaired) electrons. The van der Waals surface area contributed by atoms with E-state index in [1.807, 2.05) is 49.2 Å². The molecule has 3 aromatic rings. The number of hydrogen-bond acceptors (Lipinski definition) is 2. The monoisotopic (exact) mass is 346 g/mol. The molecule has 3 heteroatoms. The minimum Gasteiger partial charge on any atom is -0.365 e. The number of para-hydroxylation sites is 1. The molecule has 3 nitrogen and oxygen atoms in total. The van der Waals surface area contributed by atoms with Crippen LogP contribution in [0.2, 0.25) is 0 Å². The van der Waals surface area contributed by atoms with Crippen molar-refractivity contribution in [3.8, 4) is 0 Å². The molecule has 134 valence electrons. The van der Waals surface area contributed by atoms with E-state index in [4.69, 9.17) is 0 Å². The van der Waals surface area contributed by atoms with Crippen LogP contribution in [0.4, 0.5) is 11.4 Å². The fourth-order valence-electron chi connectivity index (χ4n) is 3.36. The van der Waals surface area contributed by atoms with Crippen molar-refractivity contribution in [2.75, 3.05) is 23.8 Å². The van der Waals surface area contributed by atoms with Crippen LogP contribution in [0, 0.1) is 6.92 Å². The summed E-state index contributed by atoms with van der Waals surface area (Å²) in [6.07, 6.45) is 0. The molecule has 26 heavy (non-hydrogen) atoms. The van der Waals surface area contributed by atoms with Gasteiger partial charge in [-0.1, -0.05) is 68.4 Å². The van der Waals surface area contributed by atoms with Crippen molar-refractivity contribution >= 4 is 28.1 Å². The van der Waals surface area contributed by atoms with Gasteiger partial charge in [-0.3, -0.25) is 4.79 Å². The first-order valence-electron chi connectivity index (χ1n) is 9.05. The molecule has 0 saturated heterocycles. The van der Waals surface area contributed by atoms with Crippen LogP contribution in [0.25, 0.3) is 10.8 Å². The minimum absolute atomic E-state index is 0.00312. The molecule has 0 aliphatic rings. The summed E-state index contributed by atoms with van der Waals surface area (Å²) >= 11 is 0. The van der Waals surface area contributed by atoms with Crippen LogP contribution in [0.1, 0.15) is 30.9 Å². The summed E-state index contributed by atoms with van der Waals surface area (Å²) in [4.78, 5) is 14.7. The highest BCUT2D eigenvalue weighted by Gasteiger charge is 2.14. The van der Waals surface area contributed by atoms with Crippen LogP contribution in [0.3, 0.4) is 0 Å². The molecular weight excluding hydrogens is 320 g/mol. The van der Waals surface area contributed by atoms with E-state index in [1.54, 1.807) is 0 Å². The van der Waals surface area contributed by atoms with Gasteiger partial charge in [0.05, 0.1) is 6.54 Å². The van der Waals surface area contributed by atoms with E-state index >= 15 is 0 Å². The second-order valence-corrected chi connectivity index (χ2v) is 7.10. The van der Waals surface area contributed by atoms with Crippen LogP contribution in [-0.4, -0.2) is 19.5 Å². The Morgan fingerprint density at radius 3 is 2.46 bits per heavy atom. The predicted molar refractivity (Wildman–Crippen MR) is 111 cm³/mol. The Balaban J connectivity index is 1.80. The van der Waals surface area contributed by atoms with Gasteiger partial charge in [0, 0.05) is 23.8 Å². The van der Waals surface area contributed by atoms with E-state index in [2.05, 4.69) is 49.5 Å². The molecule has 3 rings (SSSR count). The number of rotatable bonds is 5. The first-order chi connectivity index (χ1) is 12.5. The maximum Gasteiger partial charge on any atom is 0.243 e.